The minimum atomic E-state index is -1.47. The van der Waals surface area contributed by atoms with Gasteiger partial charge in [-0.1, -0.05) is 0 Å². The molecule has 0 bridgehead atoms. The SMILES string of the molecule is CCOC(=O)Nc1c(C(=O)O)n[nH]c1C(=O)O. The van der Waals surface area contributed by atoms with Crippen molar-refractivity contribution in [3.8, 4) is 0 Å². The second kappa shape index (κ2) is 4.96. The summed E-state index contributed by atoms with van der Waals surface area (Å²) in [7, 11) is 0. The van der Waals surface area contributed by atoms with Crippen molar-refractivity contribution in [1.29, 1.82) is 0 Å². The van der Waals surface area contributed by atoms with Gasteiger partial charge in [0.15, 0.2) is 11.4 Å². The van der Waals surface area contributed by atoms with Crippen LogP contribution in [-0.4, -0.2) is 45.0 Å². The Bertz CT molecular complexity index is 434. The number of amides is 1. The largest absolute Gasteiger partial charge is 0.476 e. The minimum Gasteiger partial charge on any atom is -0.476 e. The van der Waals surface area contributed by atoms with E-state index in [9.17, 15) is 14.4 Å². The van der Waals surface area contributed by atoms with Gasteiger partial charge in [0.1, 0.15) is 5.69 Å². The zero-order chi connectivity index (χ0) is 13.0. The number of hydrogen-bond donors (Lipinski definition) is 4. The van der Waals surface area contributed by atoms with Crippen molar-refractivity contribution in [1.82, 2.24) is 10.2 Å². The van der Waals surface area contributed by atoms with Gasteiger partial charge in [-0.15, -0.1) is 0 Å². The first-order chi connectivity index (χ1) is 7.97. The molecule has 9 nitrogen and oxygen atoms in total. The summed E-state index contributed by atoms with van der Waals surface area (Å²) in [6.45, 7) is 1.61. The molecule has 0 aliphatic carbocycles. The van der Waals surface area contributed by atoms with Crippen LogP contribution < -0.4 is 5.32 Å². The summed E-state index contributed by atoms with van der Waals surface area (Å²) in [5, 5.41) is 24.8. The second-order valence-corrected chi connectivity index (χ2v) is 2.78. The van der Waals surface area contributed by atoms with Crippen LogP contribution in [0.5, 0.6) is 0 Å². The van der Waals surface area contributed by atoms with Crippen LogP contribution in [0.4, 0.5) is 10.5 Å². The molecule has 1 amide bonds. The van der Waals surface area contributed by atoms with Gasteiger partial charge >= 0.3 is 18.0 Å². The lowest BCUT2D eigenvalue weighted by Gasteiger charge is -2.04. The maximum Gasteiger partial charge on any atom is 0.411 e. The summed E-state index contributed by atoms with van der Waals surface area (Å²) in [6, 6.07) is 0. The smallest absolute Gasteiger partial charge is 0.411 e. The molecule has 0 atom stereocenters. The quantitative estimate of drug-likeness (QED) is 0.598. The molecule has 0 aliphatic heterocycles. The molecule has 0 radical (unpaired) electrons. The molecule has 92 valence electrons. The third-order valence-corrected chi connectivity index (χ3v) is 1.69. The molecule has 0 unspecified atom stereocenters. The predicted octanol–water partition coefficient (Wildman–Crippen LogP) is 0.374. The molecule has 0 spiro atoms. The summed E-state index contributed by atoms with van der Waals surface area (Å²) < 4.78 is 4.51. The fraction of sp³-hybridized carbons (Fsp3) is 0.250. The first-order valence-electron chi connectivity index (χ1n) is 4.46. The van der Waals surface area contributed by atoms with E-state index in [2.05, 4.69) is 9.84 Å². The van der Waals surface area contributed by atoms with Crippen LogP contribution in [0.15, 0.2) is 0 Å². The lowest BCUT2D eigenvalue weighted by molar-refractivity contribution is 0.0683. The molecule has 0 saturated heterocycles. The molecular formula is C8H9N3O6. The highest BCUT2D eigenvalue weighted by molar-refractivity contribution is 6.04. The van der Waals surface area contributed by atoms with Crippen molar-refractivity contribution < 1.29 is 29.3 Å². The van der Waals surface area contributed by atoms with Crippen LogP contribution in [-0.2, 0) is 4.74 Å². The molecule has 4 N–H and O–H groups in total. The lowest BCUT2D eigenvalue weighted by Crippen LogP contribution is -2.17. The fourth-order valence-corrected chi connectivity index (χ4v) is 1.04. The number of ether oxygens (including phenoxy) is 1. The molecular weight excluding hydrogens is 234 g/mol. The Morgan fingerprint density at radius 3 is 2.47 bits per heavy atom. The van der Waals surface area contributed by atoms with Crippen LogP contribution >= 0.6 is 0 Å². The van der Waals surface area contributed by atoms with E-state index in [-0.39, 0.29) is 6.61 Å². The number of anilines is 1. The monoisotopic (exact) mass is 243 g/mol. The molecule has 0 aliphatic rings. The van der Waals surface area contributed by atoms with E-state index in [1.807, 2.05) is 10.4 Å². The Morgan fingerprint density at radius 1 is 1.35 bits per heavy atom. The Morgan fingerprint density at radius 2 is 2.00 bits per heavy atom. The Kier molecular flexibility index (Phi) is 3.65. The number of aromatic carboxylic acids is 2. The number of carboxylic acid groups (broad SMARTS) is 2. The average molecular weight is 243 g/mol. The van der Waals surface area contributed by atoms with E-state index in [0.29, 0.717) is 0 Å². The molecule has 1 aromatic heterocycles. The zero-order valence-electron chi connectivity index (χ0n) is 8.68. The molecule has 0 aromatic carbocycles. The summed E-state index contributed by atoms with van der Waals surface area (Å²) >= 11 is 0. The van der Waals surface area contributed by atoms with Crippen molar-refractivity contribution in [3.05, 3.63) is 11.4 Å². The van der Waals surface area contributed by atoms with Gasteiger partial charge in [-0.25, -0.2) is 14.4 Å². The van der Waals surface area contributed by atoms with Crippen LogP contribution in [0.25, 0.3) is 0 Å². The maximum atomic E-state index is 11.1. The Labute approximate surface area is 94.4 Å². The number of aromatic nitrogens is 2. The second-order valence-electron chi connectivity index (χ2n) is 2.78. The third-order valence-electron chi connectivity index (χ3n) is 1.69. The number of nitrogens with zero attached hydrogens (tertiary/aromatic N) is 1. The minimum absolute atomic E-state index is 0.0640. The maximum absolute atomic E-state index is 11.1. The molecule has 1 rings (SSSR count). The highest BCUT2D eigenvalue weighted by Gasteiger charge is 2.24. The topological polar surface area (TPSA) is 142 Å². The number of hydrogen-bond acceptors (Lipinski definition) is 5. The highest BCUT2D eigenvalue weighted by atomic mass is 16.5. The van der Waals surface area contributed by atoms with Crippen molar-refractivity contribution >= 4 is 23.7 Å². The number of aromatic amines is 1. The number of nitrogens with one attached hydrogen (secondary N) is 2. The van der Waals surface area contributed by atoms with Crippen molar-refractivity contribution in [2.45, 2.75) is 6.92 Å². The summed E-state index contributed by atoms with van der Waals surface area (Å²) in [6.07, 6.45) is -0.959. The van der Waals surface area contributed by atoms with Crippen LogP contribution in [0.2, 0.25) is 0 Å². The van der Waals surface area contributed by atoms with Gasteiger partial charge in [0.2, 0.25) is 0 Å². The van der Waals surface area contributed by atoms with Gasteiger partial charge in [0.25, 0.3) is 0 Å². The standard InChI is InChI=1S/C8H9N3O6/c1-2-17-8(16)9-3-4(6(12)13)10-11-5(3)7(14)15/h2H2,1H3,(H,9,16)(H,10,11)(H,12,13)(H,14,15). The summed E-state index contributed by atoms with van der Waals surface area (Å²) in [4.78, 5) is 32.6. The van der Waals surface area contributed by atoms with Crippen molar-refractivity contribution in [2.24, 2.45) is 0 Å². The van der Waals surface area contributed by atoms with E-state index in [1.165, 1.54) is 0 Å². The predicted molar refractivity (Wildman–Crippen MR) is 53.2 cm³/mol. The number of H-pyrrole nitrogens is 1. The Hall–Kier alpha value is -2.58. The molecule has 0 saturated carbocycles. The van der Waals surface area contributed by atoms with Crippen LogP contribution in [0.1, 0.15) is 27.9 Å². The number of rotatable bonds is 4. The Balaban J connectivity index is 3.08. The molecule has 1 aromatic rings. The molecule has 9 heteroatoms. The third kappa shape index (κ3) is 2.71. The molecule has 0 fully saturated rings. The normalized spacial score (nSPS) is 9.71. The number of carbonyl (C=O) groups excluding carboxylic acids is 1. The van der Waals surface area contributed by atoms with E-state index < -0.39 is 35.1 Å². The van der Waals surface area contributed by atoms with E-state index >= 15 is 0 Å². The van der Waals surface area contributed by atoms with Gasteiger partial charge in [0, 0.05) is 0 Å². The summed E-state index contributed by atoms with van der Waals surface area (Å²) in [5.41, 5.74) is -1.57. The van der Waals surface area contributed by atoms with E-state index in [4.69, 9.17) is 10.2 Å². The number of carbonyl (C=O) groups is 3. The average Bonchev–Trinajstić information content (AvgIpc) is 2.61. The number of carboxylic acids is 2. The van der Waals surface area contributed by atoms with Crippen LogP contribution in [0, 0.1) is 0 Å². The highest BCUT2D eigenvalue weighted by Crippen LogP contribution is 2.18. The van der Waals surface area contributed by atoms with E-state index in [0.717, 1.165) is 0 Å². The van der Waals surface area contributed by atoms with Crippen molar-refractivity contribution in [2.75, 3.05) is 11.9 Å². The van der Waals surface area contributed by atoms with Crippen LogP contribution in [0.3, 0.4) is 0 Å². The van der Waals surface area contributed by atoms with Crippen molar-refractivity contribution in [3.63, 3.8) is 0 Å². The molecule has 1 heterocycles. The zero-order valence-corrected chi connectivity index (χ0v) is 8.68. The first kappa shape index (κ1) is 12.5. The molecule has 17 heavy (non-hydrogen) atoms. The van der Waals surface area contributed by atoms with Gasteiger partial charge in [0.05, 0.1) is 6.61 Å². The van der Waals surface area contributed by atoms with Gasteiger partial charge in [-0.3, -0.25) is 10.4 Å². The van der Waals surface area contributed by atoms with Gasteiger partial charge in [-0.05, 0) is 6.92 Å². The summed E-state index contributed by atoms with van der Waals surface area (Å²) in [5.74, 6) is -2.92. The lowest BCUT2D eigenvalue weighted by atomic mass is 10.3. The van der Waals surface area contributed by atoms with Gasteiger partial charge < -0.3 is 14.9 Å². The van der Waals surface area contributed by atoms with Gasteiger partial charge in [-0.2, -0.15) is 5.10 Å². The van der Waals surface area contributed by atoms with E-state index in [1.54, 1.807) is 6.92 Å². The first-order valence-corrected chi connectivity index (χ1v) is 4.46. The fourth-order valence-electron chi connectivity index (χ4n) is 1.04.